The van der Waals surface area contributed by atoms with Gasteiger partial charge in [0.25, 0.3) is 0 Å². The minimum Gasteiger partial charge on any atom is -0.481 e. The Bertz CT molecular complexity index is 724. The number of pyridine rings is 1. The molecule has 0 aliphatic carbocycles. The fourth-order valence-electron chi connectivity index (χ4n) is 2.80. The van der Waals surface area contributed by atoms with Crippen molar-refractivity contribution < 1.29 is 14.6 Å². The Kier molecular flexibility index (Phi) is 8.54. The Hall–Kier alpha value is -2.64. The van der Waals surface area contributed by atoms with Crippen molar-refractivity contribution in [1.82, 2.24) is 10.3 Å². The number of hydrogen-bond acceptors (Lipinski definition) is 6. The molecule has 7 nitrogen and oxygen atoms in total. The summed E-state index contributed by atoms with van der Waals surface area (Å²) in [6.07, 6.45) is 3.48. The van der Waals surface area contributed by atoms with Crippen molar-refractivity contribution in [3.05, 3.63) is 53.7 Å². The average molecular weight is 372 g/mol. The van der Waals surface area contributed by atoms with Crippen LogP contribution in [0.15, 0.2) is 42.6 Å². The number of nitrogen functional groups attached to an aromatic ring is 1. The SMILES string of the molecule is COCC(C(=O)O)c1cccc(CCNCCCNc2cccnc2N)c1. The van der Waals surface area contributed by atoms with Gasteiger partial charge in [-0.2, -0.15) is 0 Å². The summed E-state index contributed by atoms with van der Waals surface area (Å²) >= 11 is 0. The number of ether oxygens (including phenoxy) is 1. The van der Waals surface area contributed by atoms with Crippen LogP contribution in [0.4, 0.5) is 11.5 Å². The average Bonchev–Trinajstić information content (AvgIpc) is 2.66. The van der Waals surface area contributed by atoms with E-state index >= 15 is 0 Å². The number of rotatable bonds is 12. The van der Waals surface area contributed by atoms with Crippen LogP contribution in [-0.2, 0) is 16.0 Å². The third-order valence-electron chi connectivity index (χ3n) is 4.26. The van der Waals surface area contributed by atoms with E-state index in [2.05, 4.69) is 15.6 Å². The summed E-state index contributed by atoms with van der Waals surface area (Å²) in [4.78, 5) is 15.4. The lowest BCUT2D eigenvalue weighted by Crippen LogP contribution is -2.21. The third-order valence-corrected chi connectivity index (χ3v) is 4.26. The molecule has 27 heavy (non-hydrogen) atoms. The number of hydrogen-bond donors (Lipinski definition) is 4. The lowest BCUT2D eigenvalue weighted by Gasteiger charge is -2.13. The van der Waals surface area contributed by atoms with E-state index in [0.29, 0.717) is 5.82 Å². The largest absolute Gasteiger partial charge is 0.481 e. The van der Waals surface area contributed by atoms with Gasteiger partial charge in [0, 0.05) is 19.9 Å². The standard InChI is InChI=1S/C20H28N4O3/c1-27-14-17(20(25)26)16-6-2-5-15(13-16)8-12-22-9-4-11-23-18-7-3-10-24-19(18)21/h2-3,5-7,10,13,17,22-23H,4,8-9,11-12,14H2,1H3,(H2,21,24)(H,25,26). The van der Waals surface area contributed by atoms with Crippen molar-refractivity contribution in [3.8, 4) is 0 Å². The molecule has 0 radical (unpaired) electrons. The molecule has 2 rings (SSSR count). The van der Waals surface area contributed by atoms with E-state index in [1.165, 1.54) is 7.11 Å². The second-order valence-electron chi connectivity index (χ2n) is 6.31. The van der Waals surface area contributed by atoms with Crippen molar-refractivity contribution in [2.75, 3.05) is 44.4 Å². The van der Waals surface area contributed by atoms with Crippen LogP contribution < -0.4 is 16.4 Å². The van der Waals surface area contributed by atoms with Gasteiger partial charge in [-0.25, -0.2) is 4.98 Å². The molecular formula is C20H28N4O3. The summed E-state index contributed by atoms with van der Waals surface area (Å²) in [6, 6.07) is 11.5. The number of aliphatic carboxylic acids is 1. The predicted octanol–water partition coefficient (Wildman–Crippen LogP) is 2.11. The first-order chi connectivity index (χ1) is 13.1. The maximum atomic E-state index is 11.4. The van der Waals surface area contributed by atoms with E-state index in [0.717, 1.165) is 49.3 Å². The molecule has 0 bridgehead atoms. The maximum Gasteiger partial charge on any atom is 0.313 e. The van der Waals surface area contributed by atoms with Gasteiger partial charge in [-0.15, -0.1) is 0 Å². The molecule has 2 aromatic rings. The molecule has 7 heteroatoms. The summed E-state index contributed by atoms with van der Waals surface area (Å²) in [6.45, 7) is 2.70. The van der Waals surface area contributed by atoms with Crippen LogP contribution in [0, 0.1) is 0 Å². The number of nitrogens with zero attached hydrogens (tertiary/aromatic N) is 1. The van der Waals surface area contributed by atoms with Crippen molar-refractivity contribution in [2.45, 2.75) is 18.8 Å². The van der Waals surface area contributed by atoms with E-state index in [4.69, 9.17) is 10.5 Å². The lowest BCUT2D eigenvalue weighted by molar-refractivity contribution is -0.140. The zero-order chi connectivity index (χ0) is 19.5. The number of nitrogens with one attached hydrogen (secondary N) is 2. The van der Waals surface area contributed by atoms with E-state index in [1.807, 2.05) is 36.4 Å². The van der Waals surface area contributed by atoms with Crippen molar-refractivity contribution in [1.29, 1.82) is 0 Å². The van der Waals surface area contributed by atoms with Gasteiger partial charge in [0.2, 0.25) is 0 Å². The van der Waals surface area contributed by atoms with Gasteiger partial charge in [0.05, 0.1) is 12.3 Å². The van der Waals surface area contributed by atoms with Crippen LogP contribution in [0.2, 0.25) is 0 Å². The normalized spacial score (nSPS) is 11.9. The van der Waals surface area contributed by atoms with Gasteiger partial charge in [0.1, 0.15) is 11.7 Å². The van der Waals surface area contributed by atoms with Gasteiger partial charge in [-0.3, -0.25) is 4.79 Å². The molecule has 1 aromatic heterocycles. The number of carbonyl (C=O) groups is 1. The van der Waals surface area contributed by atoms with E-state index in [9.17, 15) is 9.90 Å². The molecule has 0 saturated carbocycles. The third kappa shape index (κ3) is 6.88. The van der Waals surface area contributed by atoms with E-state index in [1.54, 1.807) is 6.20 Å². The number of anilines is 2. The predicted molar refractivity (Wildman–Crippen MR) is 107 cm³/mol. The minimum atomic E-state index is -0.867. The summed E-state index contributed by atoms with van der Waals surface area (Å²) in [5, 5.41) is 16.0. The number of methoxy groups -OCH3 is 1. The highest BCUT2D eigenvalue weighted by Crippen LogP contribution is 2.18. The second kappa shape index (κ2) is 11.2. The molecule has 0 amide bonds. The first-order valence-corrected chi connectivity index (χ1v) is 9.07. The molecule has 0 spiro atoms. The molecule has 1 unspecified atom stereocenters. The number of benzene rings is 1. The van der Waals surface area contributed by atoms with Gasteiger partial charge in [0.15, 0.2) is 0 Å². The Labute approximate surface area is 160 Å². The van der Waals surface area contributed by atoms with E-state index < -0.39 is 11.9 Å². The molecular weight excluding hydrogens is 344 g/mol. The van der Waals surface area contributed by atoms with Crippen LogP contribution in [0.1, 0.15) is 23.5 Å². The highest BCUT2D eigenvalue weighted by atomic mass is 16.5. The molecule has 0 saturated heterocycles. The van der Waals surface area contributed by atoms with Crippen molar-refractivity contribution in [3.63, 3.8) is 0 Å². The summed E-state index contributed by atoms with van der Waals surface area (Å²) < 4.78 is 5.02. The molecule has 1 atom stereocenters. The number of carboxylic acids is 1. The van der Waals surface area contributed by atoms with Gasteiger partial charge >= 0.3 is 5.97 Å². The number of carboxylic acid groups (broad SMARTS) is 1. The maximum absolute atomic E-state index is 11.4. The molecule has 0 aliphatic heterocycles. The highest BCUT2D eigenvalue weighted by molar-refractivity contribution is 5.76. The van der Waals surface area contributed by atoms with Crippen LogP contribution in [0.25, 0.3) is 0 Å². The highest BCUT2D eigenvalue weighted by Gasteiger charge is 2.19. The molecule has 0 fully saturated rings. The number of nitrogens with two attached hydrogens (primary N) is 1. The van der Waals surface area contributed by atoms with Crippen LogP contribution in [-0.4, -0.2) is 49.4 Å². The Morgan fingerprint density at radius 2 is 2.11 bits per heavy atom. The Morgan fingerprint density at radius 1 is 1.26 bits per heavy atom. The van der Waals surface area contributed by atoms with Crippen molar-refractivity contribution in [2.24, 2.45) is 0 Å². The molecule has 0 aliphatic rings. The van der Waals surface area contributed by atoms with Crippen LogP contribution >= 0.6 is 0 Å². The summed E-state index contributed by atoms with van der Waals surface area (Å²) in [5.74, 6) is -0.985. The quantitative estimate of drug-likeness (QED) is 0.422. The Balaban J connectivity index is 1.69. The second-order valence-corrected chi connectivity index (χ2v) is 6.31. The topological polar surface area (TPSA) is 110 Å². The zero-order valence-corrected chi connectivity index (χ0v) is 15.6. The summed E-state index contributed by atoms with van der Waals surface area (Å²) in [7, 11) is 1.52. The minimum absolute atomic E-state index is 0.172. The number of aromatic nitrogens is 1. The first-order valence-electron chi connectivity index (χ1n) is 9.07. The van der Waals surface area contributed by atoms with Gasteiger partial charge < -0.3 is 26.2 Å². The van der Waals surface area contributed by atoms with Crippen LogP contribution in [0.5, 0.6) is 0 Å². The van der Waals surface area contributed by atoms with E-state index in [-0.39, 0.29) is 6.61 Å². The molecule has 146 valence electrons. The van der Waals surface area contributed by atoms with Crippen molar-refractivity contribution >= 4 is 17.5 Å². The fourth-order valence-corrected chi connectivity index (χ4v) is 2.80. The lowest BCUT2D eigenvalue weighted by atomic mass is 9.97. The van der Waals surface area contributed by atoms with Gasteiger partial charge in [-0.1, -0.05) is 24.3 Å². The Morgan fingerprint density at radius 3 is 2.85 bits per heavy atom. The molecule has 1 aromatic carbocycles. The zero-order valence-electron chi connectivity index (χ0n) is 15.6. The van der Waals surface area contributed by atoms with Gasteiger partial charge in [-0.05, 0) is 49.2 Å². The smallest absolute Gasteiger partial charge is 0.313 e. The molecule has 1 heterocycles. The van der Waals surface area contributed by atoms with Crippen LogP contribution in [0.3, 0.4) is 0 Å². The fraction of sp³-hybridized carbons (Fsp3) is 0.400. The molecule has 5 N–H and O–H groups in total. The first kappa shape index (κ1) is 20.7. The summed E-state index contributed by atoms with van der Waals surface area (Å²) in [5.41, 5.74) is 8.54. The monoisotopic (exact) mass is 372 g/mol.